The summed E-state index contributed by atoms with van der Waals surface area (Å²) in [6.07, 6.45) is 17.6. The van der Waals surface area contributed by atoms with Crippen LogP contribution in [0.25, 0.3) is 0 Å². The fraction of sp³-hybridized carbons (Fsp3) is 0.708. The van der Waals surface area contributed by atoms with Gasteiger partial charge in [0.1, 0.15) is 6.10 Å². The summed E-state index contributed by atoms with van der Waals surface area (Å²) in [5, 5.41) is 0. The van der Waals surface area contributed by atoms with Gasteiger partial charge in [-0.1, -0.05) is 114 Å². The topological polar surface area (TPSA) is 26.3 Å². The first-order chi connectivity index (χ1) is 12.7. The van der Waals surface area contributed by atoms with Crippen LogP contribution in [0.1, 0.15) is 115 Å². The van der Waals surface area contributed by atoms with E-state index in [9.17, 15) is 4.79 Å². The Balaban J connectivity index is 1.87. The summed E-state index contributed by atoms with van der Waals surface area (Å²) in [4.78, 5) is 11.9. The summed E-state index contributed by atoms with van der Waals surface area (Å²) in [7, 11) is 0. The normalized spacial score (nSPS) is 12.1. The lowest BCUT2D eigenvalue weighted by Gasteiger charge is -2.13. The van der Waals surface area contributed by atoms with Crippen molar-refractivity contribution in [2.45, 2.75) is 110 Å². The molecule has 0 aliphatic carbocycles. The third-order valence-corrected chi connectivity index (χ3v) is 5.06. The van der Waals surface area contributed by atoms with Crippen molar-refractivity contribution >= 4 is 5.97 Å². The van der Waals surface area contributed by atoms with Crippen LogP contribution in [0.5, 0.6) is 0 Å². The first kappa shape index (κ1) is 22.7. The molecule has 0 saturated carbocycles. The quantitative estimate of drug-likeness (QED) is 0.222. The molecular formula is C24H40O2. The van der Waals surface area contributed by atoms with Crippen LogP contribution in [0.2, 0.25) is 0 Å². The van der Waals surface area contributed by atoms with Crippen LogP contribution in [-0.4, -0.2) is 5.97 Å². The molecule has 148 valence electrons. The highest BCUT2D eigenvalue weighted by Crippen LogP contribution is 2.18. The van der Waals surface area contributed by atoms with Gasteiger partial charge in [0.2, 0.25) is 0 Å². The van der Waals surface area contributed by atoms with E-state index in [4.69, 9.17) is 4.74 Å². The first-order valence-corrected chi connectivity index (χ1v) is 11.0. The predicted molar refractivity (Wildman–Crippen MR) is 111 cm³/mol. The molecule has 0 N–H and O–H groups in total. The Morgan fingerprint density at radius 3 is 1.73 bits per heavy atom. The number of ether oxygens (including phenoxy) is 1. The van der Waals surface area contributed by atoms with Crippen molar-refractivity contribution in [2.75, 3.05) is 0 Å². The van der Waals surface area contributed by atoms with Crippen LogP contribution in [0.15, 0.2) is 30.3 Å². The van der Waals surface area contributed by atoms with Gasteiger partial charge in [-0.25, -0.2) is 0 Å². The van der Waals surface area contributed by atoms with E-state index >= 15 is 0 Å². The predicted octanol–water partition coefficient (Wildman–Crippen LogP) is 7.77. The third-order valence-electron chi connectivity index (χ3n) is 5.06. The zero-order valence-corrected chi connectivity index (χ0v) is 17.2. The Morgan fingerprint density at radius 1 is 0.769 bits per heavy atom. The van der Waals surface area contributed by atoms with E-state index in [2.05, 4.69) is 6.92 Å². The van der Waals surface area contributed by atoms with Gasteiger partial charge in [-0.3, -0.25) is 4.79 Å². The van der Waals surface area contributed by atoms with Crippen LogP contribution < -0.4 is 0 Å². The average molecular weight is 361 g/mol. The number of carbonyl (C=O) groups excluding carboxylic acids is 1. The first-order valence-electron chi connectivity index (χ1n) is 11.0. The van der Waals surface area contributed by atoms with Crippen molar-refractivity contribution in [3.63, 3.8) is 0 Å². The van der Waals surface area contributed by atoms with E-state index in [1.165, 1.54) is 70.6 Å². The van der Waals surface area contributed by atoms with Crippen molar-refractivity contribution < 1.29 is 9.53 Å². The highest BCUT2D eigenvalue weighted by Gasteiger charge is 2.10. The zero-order chi connectivity index (χ0) is 18.9. The van der Waals surface area contributed by atoms with Gasteiger partial charge in [0, 0.05) is 6.42 Å². The molecular weight excluding hydrogens is 320 g/mol. The van der Waals surface area contributed by atoms with E-state index in [0.29, 0.717) is 6.42 Å². The van der Waals surface area contributed by atoms with Crippen molar-refractivity contribution in [1.29, 1.82) is 0 Å². The maximum atomic E-state index is 11.9. The van der Waals surface area contributed by atoms with E-state index in [1.807, 2.05) is 37.3 Å². The molecule has 1 rings (SSSR count). The number of hydrogen-bond donors (Lipinski definition) is 0. The smallest absolute Gasteiger partial charge is 0.306 e. The Hall–Kier alpha value is -1.31. The zero-order valence-electron chi connectivity index (χ0n) is 17.2. The molecule has 0 amide bonds. The molecule has 0 aliphatic rings. The second-order valence-corrected chi connectivity index (χ2v) is 7.54. The Kier molecular flexibility index (Phi) is 13.9. The van der Waals surface area contributed by atoms with Gasteiger partial charge in [0.05, 0.1) is 0 Å². The summed E-state index contributed by atoms with van der Waals surface area (Å²) >= 11 is 0. The molecule has 0 radical (unpaired) electrons. The van der Waals surface area contributed by atoms with Crippen LogP contribution in [-0.2, 0) is 9.53 Å². The molecule has 1 aromatic rings. The second kappa shape index (κ2) is 15.9. The summed E-state index contributed by atoms with van der Waals surface area (Å²) in [6.45, 7) is 4.21. The standard InChI is InChI=1S/C24H40O2/c1-3-4-5-6-7-8-9-10-11-12-13-14-18-21-24(25)26-22(2)23-19-16-15-17-20-23/h15-17,19-20,22H,3-14,18,21H2,1-2H3/t22-/m1/s1. The number of esters is 1. The monoisotopic (exact) mass is 360 g/mol. The minimum Gasteiger partial charge on any atom is -0.458 e. The van der Waals surface area contributed by atoms with Crippen molar-refractivity contribution in [2.24, 2.45) is 0 Å². The summed E-state index contributed by atoms with van der Waals surface area (Å²) in [6, 6.07) is 9.94. The van der Waals surface area contributed by atoms with Crippen molar-refractivity contribution in [3.05, 3.63) is 35.9 Å². The van der Waals surface area contributed by atoms with Gasteiger partial charge in [0.15, 0.2) is 0 Å². The van der Waals surface area contributed by atoms with Crippen molar-refractivity contribution in [3.8, 4) is 0 Å². The number of unbranched alkanes of at least 4 members (excludes halogenated alkanes) is 12. The van der Waals surface area contributed by atoms with Crippen LogP contribution in [0.4, 0.5) is 0 Å². The van der Waals surface area contributed by atoms with E-state index < -0.39 is 0 Å². The second-order valence-electron chi connectivity index (χ2n) is 7.54. The lowest BCUT2D eigenvalue weighted by molar-refractivity contribution is -0.148. The van der Waals surface area contributed by atoms with Gasteiger partial charge in [-0.2, -0.15) is 0 Å². The molecule has 0 bridgehead atoms. The molecule has 0 saturated heterocycles. The molecule has 1 aromatic carbocycles. The fourth-order valence-electron chi connectivity index (χ4n) is 3.34. The number of hydrogen-bond acceptors (Lipinski definition) is 2. The SMILES string of the molecule is CCCCCCCCCCCCCCCC(=O)O[C@H](C)c1ccccc1. The molecule has 0 unspecified atom stereocenters. The van der Waals surface area contributed by atoms with Crippen LogP contribution in [0.3, 0.4) is 0 Å². The van der Waals surface area contributed by atoms with E-state index in [0.717, 1.165) is 18.4 Å². The molecule has 0 spiro atoms. The molecule has 26 heavy (non-hydrogen) atoms. The van der Waals surface area contributed by atoms with E-state index in [-0.39, 0.29) is 12.1 Å². The highest BCUT2D eigenvalue weighted by atomic mass is 16.5. The molecule has 2 nitrogen and oxygen atoms in total. The lowest BCUT2D eigenvalue weighted by atomic mass is 10.0. The van der Waals surface area contributed by atoms with Crippen molar-refractivity contribution in [1.82, 2.24) is 0 Å². The van der Waals surface area contributed by atoms with Gasteiger partial charge < -0.3 is 4.74 Å². The van der Waals surface area contributed by atoms with Gasteiger partial charge in [-0.05, 0) is 18.9 Å². The van der Waals surface area contributed by atoms with Gasteiger partial charge in [0.25, 0.3) is 0 Å². The average Bonchev–Trinajstić information content (AvgIpc) is 2.66. The maximum Gasteiger partial charge on any atom is 0.306 e. The molecule has 2 heteroatoms. The molecule has 0 heterocycles. The third kappa shape index (κ3) is 12.1. The molecule has 0 aliphatic heterocycles. The lowest BCUT2D eigenvalue weighted by Crippen LogP contribution is -2.08. The maximum absolute atomic E-state index is 11.9. The van der Waals surface area contributed by atoms with E-state index in [1.54, 1.807) is 0 Å². The van der Waals surface area contributed by atoms with Gasteiger partial charge >= 0.3 is 5.97 Å². The van der Waals surface area contributed by atoms with Gasteiger partial charge in [-0.15, -0.1) is 0 Å². The number of benzene rings is 1. The summed E-state index contributed by atoms with van der Waals surface area (Å²) in [5.74, 6) is -0.0653. The summed E-state index contributed by atoms with van der Waals surface area (Å²) < 4.78 is 5.50. The minimum atomic E-state index is -0.148. The van der Waals surface area contributed by atoms with Crippen LogP contribution >= 0.6 is 0 Å². The summed E-state index contributed by atoms with van der Waals surface area (Å²) in [5.41, 5.74) is 1.06. The Labute approximate surface area is 161 Å². The fourth-order valence-corrected chi connectivity index (χ4v) is 3.34. The molecule has 0 aromatic heterocycles. The largest absolute Gasteiger partial charge is 0.458 e. The Bertz CT molecular complexity index is 441. The van der Waals surface area contributed by atoms with Crippen LogP contribution in [0, 0.1) is 0 Å². The number of carbonyl (C=O) groups is 1. The highest BCUT2D eigenvalue weighted by molar-refractivity contribution is 5.69. The Morgan fingerprint density at radius 2 is 1.23 bits per heavy atom. The minimum absolute atomic E-state index is 0.0653. The number of rotatable bonds is 16. The molecule has 1 atom stereocenters. The molecule has 0 fully saturated rings.